The highest BCUT2D eigenvalue weighted by Crippen LogP contribution is 2.36. The number of fused-ring (bicyclic) bond motifs is 1. The number of halogens is 2. The molecule has 2 heterocycles. The Bertz CT molecular complexity index is 739. The molecule has 2 N–H and O–H groups in total. The molecular weight excluding hydrogens is 330 g/mol. The van der Waals surface area contributed by atoms with Gasteiger partial charge in [-0.15, -0.1) is 0 Å². The van der Waals surface area contributed by atoms with Crippen molar-refractivity contribution in [3.8, 4) is 5.75 Å². The van der Waals surface area contributed by atoms with Crippen molar-refractivity contribution in [1.82, 2.24) is 10.3 Å². The van der Waals surface area contributed by atoms with Crippen LogP contribution in [0.2, 0.25) is 0 Å². The van der Waals surface area contributed by atoms with E-state index in [1.54, 1.807) is 19.1 Å². The lowest BCUT2D eigenvalue weighted by Gasteiger charge is -2.25. The van der Waals surface area contributed by atoms with E-state index < -0.39 is 19.0 Å². The van der Waals surface area contributed by atoms with Crippen LogP contribution in [0.25, 0.3) is 10.9 Å². The summed E-state index contributed by atoms with van der Waals surface area (Å²) in [4.78, 5) is 15.0. The Morgan fingerprint density at radius 3 is 2.72 bits per heavy atom. The number of carbonyl (C=O) groups is 1. The zero-order valence-electron chi connectivity index (χ0n) is 14.1. The number of H-pyrrole nitrogens is 1. The van der Waals surface area contributed by atoms with Crippen molar-refractivity contribution in [3.63, 3.8) is 0 Å². The van der Waals surface area contributed by atoms with Gasteiger partial charge in [0.05, 0.1) is 6.61 Å². The van der Waals surface area contributed by atoms with E-state index in [1.807, 2.05) is 6.07 Å². The molecule has 0 aliphatic carbocycles. The van der Waals surface area contributed by atoms with E-state index in [0.29, 0.717) is 11.4 Å². The van der Waals surface area contributed by atoms with Crippen molar-refractivity contribution in [2.75, 3.05) is 26.3 Å². The average Bonchev–Trinajstić information content (AvgIpc) is 3.03. The van der Waals surface area contributed by atoms with Crippen LogP contribution in [0.15, 0.2) is 18.2 Å². The molecule has 1 aliphatic heterocycles. The average molecular weight is 352 g/mol. The Labute approximate surface area is 144 Å². The van der Waals surface area contributed by atoms with Crippen LogP contribution in [0.4, 0.5) is 8.78 Å². The molecule has 2 aromatic rings. The summed E-state index contributed by atoms with van der Waals surface area (Å²) in [5, 5.41) is 4.04. The van der Waals surface area contributed by atoms with Crippen molar-refractivity contribution in [1.29, 1.82) is 0 Å². The molecular formula is C18H22F2N2O3. The lowest BCUT2D eigenvalue weighted by atomic mass is 9.89. The Balaban J connectivity index is 1.97. The highest BCUT2D eigenvalue weighted by molar-refractivity contribution is 5.95. The van der Waals surface area contributed by atoms with Crippen molar-refractivity contribution in [3.05, 3.63) is 29.5 Å². The number of hydrogen-bond acceptors (Lipinski definition) is 4. The lowest BCUT2D eigenvalue weighted by molar-refractivity contribution is 0.0520. The highest BCUT2D eigenvalue weighted by Gasteiger charge is 2.22. The summed E-state index contributed by atoms with van der Waals surface area (Å²) >= 11 is 0. The van der Waals surface area contributed by atoms with Gasteiger partial charge in [-0.2, -0.15) is 0 Å². The summed E-state index contributed by atoms with van der Waals surface area (Å²) in [6.07, 6.45) is -0.692. The van der Waals surface area contributed by atoms with Gasteiger partial charge in [-0.1, -0.05) is 0 Å². The van der Waals surface area contributed by atoms with Gasteiger partial charge in [0.25, 0.3) is 6.43 Å². The number of alkyl halides is 2. The van der Waals surface area contributed by atoms with Crippen LogP contribution in [-0.4, -0.2) is 43.7 Å². The monoisotopic (exact) mass is 352 g/mol. The van der Waals surface area contributed by atoms with Crippen molar-refractivity contribution < 1.29 is 23.0 Å². The molecule has 1 aromatic carbocycles. The van der Waals surface area contributed by atoms with Gasteiger partial charge >= 0.3 is 5.97 Å². The molecule has 3 rings (SSSR count). The fraction of sp³-hybridized carbons (Fsp3) is 0.500. The van der Waals surface area contributed by atoms with Gasteiger partial charge in [0.1, 0.15) is 18.1 Å². The highest BCUT2D eigenvalue weighted by atomic mass is 19.3. The molecule has 0 unspecified atom stereocenters. The van der Waals surface area contributed by atoms with E-state index in [0.717, 1.165) is 42.4 Å². The minimum atomic E-state index is -2.53. The fourth-order valence-corrected chi connectivity index (χ4v) is 3.23. The largest absolute Gasteiger partial charge is 0.487 e. The van der Waals surface area contributed by atoms with Crippen molar-refractivity contribution in [2.24, 2.45) is 0 Å². The molecule has 0 radical (unpaired) electrons. The molecule has 0 amide bonds. The number of aromatic amines is 1. The van der Waals surface area contributed by atoms with Crippen molar-refractivity contribution in [2.45, 2.75) is 32.1 Å². The predicted octanol–water partition coefficient (Wildman–Crippen LogP) is 3.46. The molecule has 1 aliphatic rings. The molecule has 0 saturated carbocycles. The molecule has 136 valence electrons. The quantitative estimate of drug-likeness (QED) is 0.782. The molecule has 0 bridgehead atoms. The lowest BCUT2D eigenvalue weighted by Crippen LogP contribution is -2.27. The molecule has 25 heavy (non-hydrogen) atoms. The minimum Gasteiger partial charge on any atom is -0.487 e. The van der Waals surface area contributed by atoms with E-state index in [4.69, 9.17) is 9.47 Å². The molecule has 0 spiro atoms. The molecule has 5 nitrogen and oxygen atoms in total. The Hall–Kier alpha value is -2.15. The normalized spacial score (nSPS) is 15.7. The maximum atomic E-state index is 12.6. The van der Waals surface area contributed by atoms with E-state index in [2.05, 4.69) is 10.3 Å². The standard InChI is InChI=1S/C18H22F2N2O3/c1-2-24-18(23)15-7-12-8-16(25-10-17(19)20)13(9-14(12)22-15)11-3-5-21-6-4-11/h7-9,11,17,21-22H,2-6,10H2,1H3. The number of piperidine rings is 1. The number of nitrogens with one attached hydrogen (secondary N) is 2. The van der Waals surface area contributed by atoms with Crippen LogP contribution < -0.4 is 10.1 Å². The number of ether oxygens (including phenoxy) is 2. The number of esters is 1. The Morgan fingerprint density at radius 2 is 2.04 bits per heavy atom. The van der Waals surface area contributed by atoms with Crippen LogP contribution in [0.5, 0.6) is 5.75 Å². The van der Waals surface area contributed by atoms with Gasteiger partial charge in [-0.3, -0.25) is 0 Å². The maximum Gasteiger partial charge on any atom is 0.354 e. The molecule has 0 atom stereocenters. The first-order chi connectivity index (χ1) is 12.1. The Morgan fingerprint density at radius 1 is 1.28 bits per heavy atom. The van der Waals surface area contributed by atoms with Crippen LogP contribution >= 0.6 is 0 Å². The van der Waals surface area contributed by atoms with Gasteiger partial charge < -0.3 is 19.8 Å². The molecule has 1 aromatic heterocycles. The van der Waals surface area contributed by atoms with Gasteiger partial charge in [-0.25, -0.2) is 13.6 Å². The van der Waals surface area contributed by atoms with Gasteiger partial charge in [-0.05, 0) is 62.5 Å². The summed E-state index contributed by atoms with van der Waals surface area (Å²) in [6.45, 7) is 3.16. The van der Waals surface area contributed by atoms with Crippen LogP contribution in [-0.2, 0) is 4.74 Å². The number of carbonyl (C=O) groups excluding carboxylic acids is 1. The van der Waals surface area contributed by atoms with E-state index in [1.165, 1.54) is 0 Å². The summed E-state index contributed by atoms with van der Waals surface area (Å²) in [6, 6.07) is 5.30. The first kappa shape index (κ1) is 17.7. The van der Waals surface area contributed by atoms with Crippen LogP contribution in [0.3, 0.4) is 0 Å². The topological polar surface area (TPSA) is 63.4 Å². The number of aromatic nitrogens is 1. The maximum absolute atomic E-state index is 12.6. The van der Waals surface area contributed by atoms with E-state index >= 15 is 0 Å². The Kier molecular flexibility index (Phi) is 5.53. The zero-order chi connectivity index (χ0) is 17.8. The fourth-order valence-electron chi connectivity index (χ4n) is 3.23. The number of hydrogen-bond donors (Lipinski definition) is 2. The second kappa shape index (κ2) is 7.82. The molecule has 1 fully saturated rings. The van der Waals surface area contributed by atoms with E-state index in [-0.39, 0.29) is 12.5 Å². The molecule has 1 saturated heterocycles. The smallest absolute Gasteiger partial charge is 0.354 e. The summed E-state index contributed by atoms with van der Waals surface area (Å²) in [7, 11) is 0. The van der Waals surface area contributed by atoms with Crippen molar-refractivity contribution >= 4 is 16.9 Å². The van der Waals surface area contributed by atoms with Crippen LogP contribution in [0, 0.1) is 0 Å². The first-order valence-corrected chi connectivity index (χ1v) is 8.54. The van der Waals surface area contributed by atoms with Crippen LogP contribution in [0.1, 0.15) is 41.7 Å². The van der Waals surface area contributed by atoms with E-state index in [9.17, 15) is 13.6 Å². The van der Waals surface area contributed by atoms with Gasteiger partial charge in [0, 0.05) is 10.9 Å². The SMILES string of the molecule is CCOC(=O)c1cc2cc(OCC(F)F)c(C3CCNCC3)cc2[nH]1. The number of benzene rings is 1. The second-order valence-electron chi connectivity index (χ2n) is 6.11. The second-order valence-corrected chi connectivity index (χ2v) is 6.11. The minimum absolute atomic E-state index is 0.243. The zero-order valence-corrected chi connectivity index (χ0v) is 14.1. The third-order valence-electron chi connectivity index (χ3n) is 4.39. The first-order valence-electron chi connectivity index (χ1n) is 8.54. The summed E-state index contributed by atoms with van der Waals surface area (Å²) in [5.74, 6) is 0.277. The van der Waals surface area contributed by atoms with Gasteiger partial charge in [0.15, 0.2) is 0 Å². The summed E-state index contributed by atoms with van der Waals surface area (Å²) < 4.78 is 35.6. The van der Waals surface area contributed by atoms with Gasteiger partial charge in [0.2, 0.25) is 0 Å². The molecule has 7 heteroatoms. The third kappa shape index (κ3) is 4.10. The summed E-state index contributed by atoms with van der Waals surface area (Å²) in [5.41, 5.74) is 2.03. The number of rotatable bonds is 6. The predicted molar refractivity (Wildman–Crippen MR) is 90.6 cm³/mol. The third-order valence-corrected chi connectivity index (χ3v) is 4.39.